The number of amides is 1. The molecule has 1 fully saturated rings. The Morgan fingerprint density at radius 2 is 1.72 bits per heavy atom. The fourth-order valence-corrected chi connectivity index (χ4v) is 2.84. The van der Waals surface area contributed by atoms with Crippen molar-refractivity contribution >= 4 is 5.91 Å². The van der Waals surface area contributed by atoms with E-state index < -0.39 is 0 Å². The van der Waals surface area contributed by atoms with E-state index in [2.05, 4.69) is 31.4 Å². The normalized spacial score (nSPS) is 24.9. The average molecular weight is 254 g/mol. The van der Waals surface area contributed by atoms with Gasteiger partial charge in [-0.1, -0.05) is 20.8 Å². The van der Waals surface area contributed by atoms with Crippen LogP contribution in [0.25, 0.3) is 0 Å². The molecule has 0 bridgehead atoms. The van der Waals surface area contributed by atoms with Gasteiger partial charge in [0.25, 0.3) is 0 Å². The molecule has 0 heterocycles. The van der Waals surface area contributed by atoms with Crippen LogP contribution in [0.4, 0.5) is 0 Å². The van der Waals surface area contributed by atoms with Crippen molar-refractivity contribution in [2.45, 2.75) is 52.9 Å². The second kappa shape index (κ2) is 7.13. The number of carbonyl (C=O) groups is 1. The molecule has 2 N–H and O–H groups in total. The minimum atomic E-state index is 0.262. The van der Waals surface area contributed by atoms with Gasteiger partial charge in [0.2, 0.25) is 5.91 Å². The Kier molecular flexibility index (Phi) is 6.13. The lowest BCUT2D eigenvalue weighted by atomic mass is 9.69. The zero-order valence-electron chi connectivity index (χ0n) is 12.5. The molecule has 0 aliphatic heterocycles. The van der Waals surface area contributed by atoms with E-state index in [4.69, 9.17) is 0 Å². The lowest BCUT2D eigenvalue weighted by molar-refractivity contribution is -0.126. The van der Waals surface area contributed by atoms with Crippen LogP contribution < -0.4 is 10.6 Å². The van der Waals surface area contributed by atoms with E-state index in [-0.39, 0.29) is 11.8 Å². The standard InChI is InChI=1S/C15H30N2O/c1-15(2,3)13-8-6-12(7-9-13)14(18)17-11-5-10-16-4/h12-13,16H,5-11H2,1-4H3,(H,17,18). The first-order valence-electron chi connectivity index (χ1n) is 7.37. The highest BCUT2D eigenvalue weighted by molar-refractivity contribution is 5.78. The summed E-state index contributed by atoms with van der Waals surface area (Å²) in [6.07, 6.45) is 5.56. The number of hydrogen-bond donors (Lipinski definition) is 2. The summed E-state index contributed by atoms with van der Waals surface area (Å²) in [5.74, 6) is 1.32. The predicted molar refractivity (Wildman–Crippen MR) is 76.5 cm³/mol. The van der Waals surface area contributed by atoms with Crippen molar-refractivity contribution in [3.05, 3.63) is 0 Å². The van der Waals surface area contributed by atoms with E-state index >= 15 is 0 Å². The predicted octanol–water partition coefficient (Wildman–Crippen LogP) is 2.56. The average Bonchev–Trinajstić information content (AvgIpc) is 2.33. The molecule has 106 valence electrons. The van der Waals surface area contributed by atoms with Crippen LogP contribution in [0.2, 0.25) is 0 Å². The molecule has 0 atom stereocenters. The van der Waals surface area contributed by atoms with Crippen LogP contribution in [-0.2, 0) is 4.79 Å². The molecule has 3 nitrogen and oxygen atoms in total. The van der Waals surface area contributed by atoms with Crippen LogP contribution in [0.3, 0.4) is 0 Å². The molecule has 1 aliphatic rings. The van der Waals surface area contributed by atoms with Crippen molar-refractivity contribution < 1.29 is 4.79 Å². The summed E-state index contributed by atoms with van der Waals surface area (Å²) < 4.78 is 0. The van der Waals surface area contributed by atoms with Crippen molar-refractivity contribution in [3.8, 4) is 0 Å². The minimum absolute atomic E-state index is 0.262. The van der Waals surface area contributed by atoms with Crippen LogP contribution >= 0.6 is 0 Å². The molecule has 0 saturated heterocycles. The van der Waals surface area contributed by atoms with Gasteiger partial charge < -0.3 is 10.6 Å². The van der Waals surface area contributed by atoms with Gasteiger partial charge >= 0.3 is 0 Å². The highest BCUT2D eigenvalue weighted by Gasteiger charge is 2.32. The van der Waals surface area contributed by atoms with Gasteiger partial charge in [0.15, 0.2) is 0 Å². The molecule has 1 amide bonds. The van der Waals surface area contributed by atoms with E-state index in [9.17, 15) is 4.79 Å². The quantitative estimate of drug-likeness (QED) is 0.740. The fraction of sp³-hybridized carbons (Fsp3) is 0.933. The van der Waals surface area contributed by atoms with E-state index in [1.165, 1.54) is 12.8 Å². The molecule has 0 radical (unpaired) electrons. The van der Waals surface area contributed by atoms with Gasteiger partial charge in [-0.25, -0.2) is 0 Å². The molecule has 1 saturated carbocycles. The summed E-state index contributed by atoms with van der Waals surface area (Å²) in [5, 5.41) is 6.15. The van der Waals surface area contributed by atoms with Crippen molar-refractivity contribution in [3.63, 3.8) is 0 Å². The maximum atomic E-state index is 12.0. The molecule has 0 aromatic carbocycles. The number of hydrogen-bond acceptors (Lipinski definition) is 2. The lowest BCUT2D eigenvalue weighted by Gasteiger charge is -2.36. The maximum absolute atomic E-state index is 12.0. The molecule has 1 aliphatic carbocycles. The summed E-state index contributed by atoms with van der Waals surface area (Å²) in [4.78, 5) is 12.0. The Bertz CT molecular complexity index is 250. The van der Waals surface area contributed by atoms with E-state index in [1.807, 2.05) is 7.05 Å². The van der Waals surface area contributed by atoms with Crippen LogP contribution in [0.1, 0.15) is 52.9 Å². The Morgan fingerprint density at radius 1 is 1.11 bits per heavy atom. The first kappa shape index (κ1) is 15.5. The van der Waals surface area contributed by atoms with Gasteiger partial charge in [-0.05, 0) is 57.0 Å². The summed E-state index contributed by atoms with van der Waals surface area (Å²) in [6, 6.07) is 0. The van der Waals surface area contributed by atoms with Crippen molar-refractivity contribution in [1.82, 2.24) is 10.6 Å². The molecule has 0 aromatic rings. The second-order valence-electron chi connectivity index (χ2n) is 6.66. The number of nitrogens with one attached hydrogen (secondary N) is 2. The summed E-state index contributed by atoms with van der Waals surface area (Å²) >= 11 is 0. The topological polar surface area (TPSA) is 41.1 Å². The maximum Gasteiger partial charge on any atom is 0.223 e. The first-order valence-corrected chi connectivity index (χ1v) is 7.37. The molecular weight excluding hydrogens is 224 g/mol. The summed E-state index contributed by atoms with van der Waals surface area (Å²) in [5.41, 5.74) is 0.397. The van der Waals surface area contributed by atoms with Gasteiger partial charge in [-0.3, -0.25) is 4.79 Å². The molecule has 0 aromatic heterocycles. The summed E-state index contributed by atoms with van der Waals surface area (Å²) in [7, 11) is 1.94. The van der Waals surface area contributed by atoms with Crippen molar-refractivity contribution in [1.29, 1.82) is 0 Å². The Morgan fingerprint density at radius 3 is 2.22 bits per heavy atom. The van der Waals surface area contributed by atoms with Gasteiger partial charge in [0.1, 0.15) is 0 Å². The van der Waals surface area contributed by atoms with Crippen LogP contribution in [0.5, 0.6) is 0 Å². The zero-order valence-corrected chi connectivity index (χ0v) is 12.5. The lowest BCUT2D eigenvalue weighted by Crippen LogP contribution is -2.36. The molecule has 18 heavy (non-hydrogen) atoms. The Hall–Kier alpha value is -0.570. The smallest absolute Gasteiger partial charge is 0.223 e. The number of rotatable bonds is 5. The van der Waals surface area contributed by atoms with Gasteiger partial charge in [-0.2, -0.15) is 0 Å². The summed E-state index contributed by atoms with van der Waals surface area (Å²) in [6.45, 7) is 8.72. The third-order valence-corrected chi connectivity index (χ3v) is 4.23. The van der Waals surface area contributed by atoms with Crippen molar-refractivity contribution in [2.24, 2.45) is 17.3 Å². The third-order valence-electron chi connectivity index (χ3n) is 4.23. The first-order chi connectivity index (χ1) is 8.45. The second-order valence-corrected chi connectivity index (χ2v) is 6.66. The van der Waals surface area contributed by atoms with Gasteiger partial charge in [-0.15, -0.1) is 0 Å². The van der Waals surface area contributed by atoms with Crippen molar-refractivity contribution in [2.75, 3.05) is 20.1 Å². The van der Waals surface area contributed by atoms with Gasteiger partial charge in [0, 0.05) is 12.5 Å². The number of carbonyl (C=O) groups excluding carboxylic acids is 1. The minimum Gasteiger partial charge on any atom is -0.356 e. The SMILES string of the molecule is CNCCCNC(=O)C1CCC(C(C)(C)C)CC1. The van der Waals surface area contributed by atoms with E-state index in [1.54, 1.807) is 0 Å². The van der Waals surface area contributed by atoms with E-state index in [0.29, 0.717) is 5.41 Å². The molecular formula is C15H30N2O. The largest absolute Gasteiger partial charge is 0.356 e. The monoisotopic (exact) mass is 254 g/mol. The van der Waals surface area contributed by atoms with Gasteiger partial charge in [0.05, 0.1) is 0 Å². The van der Waals surface area contributed by atoms with Crippen LogP contribution in [-0.4, -0.2) is 26.0 Å². The Balaban J connectivity index is 2.23. The highest BCUT2D eigenvalue weighted by atomic mass is 16.1. The molecule has 1 rings (SSSR count). The third kappa shape index (κ3) is 4.97. The van der Waals surface area contributed by atoms with Crippen LogP contribution in [0.15, 0.2) is 0 Å². The Labute approximate surface area is 112 Å². The zero-order chi connectivity index (χ0) is 13.6. The van der Waals surface area contributed by atoms with E-state index in [0.717, 1.165) is 38.3 Å². The highest BCUT2D eigenvalue weighted by Crippen LogP contribution is 2.39. The molecule has 0 unspecified atom stereocenters. The van der Waals surface area contributed by atoms with Crippen LogP contribution in [0, 0.1) is 17.3 Å². The molecule has 0 spiro atoms. The fourth-order valence-electron chi connectivity index (χ4n) is 2.84. The molecule has 3 heteroatoms.